The summed E-state index contributed by atoms with van der Waals surface area (Å²) in [6.07, 6.45) is -4.41. The molecule has 156 valence electrons. The average Bonchev–Trinajstić information content (AvgIpc) is 3.30. The van der Waals surface area contributed by atoms with Crippen LogP contribution in [0.1, 0.15) is 52.7 Å². The Morgan fingerprint density at radius 1 is 1.31 bits per heavy atom. The number of aromatic nitrogens is 2. The van der Waals surface area contributed by atoms with E-state index in [1.54, 1.807) is 11.0 Å². The van der Waals surface area contributed by atoms with E-state index in [1.165, 1.54) is 18.2 Å². The van der Waals surface area contributed by atoms with Crippen molar-refractivity contribution in [1.82, 2.24) is 20.4 Å². The lowest BCUT2D eigenvalue weighted by Gasteiger charge is -2.17. The van der Waals surface area contributed by atoms with Crippen molar-refractivity contribution in [3.05, 3.63) is 47.3 Å². The van der Waals surface area contributed by atoms with Crippen molar-refractivity contribution in [2.24, 2.45) is 0 Å². The molecule has 0 spiro atoms. The molecule has 0 bridgehead atoms. The number of aromatic amines is 1. The number of nitrogens with zero attached hydrogens (tertiary/aromatic N) is 2. The Bertz CT molecular complexity index is 895. The van der Waals surface area contributed by atoms with E-state index in [9.17, 15) is 22.8 Å². The summed E-state index contributed by atoms with van der Waals surface area (Å²) >= 11 is 0. The maximum absolute atomic E-state index is 12.6. The smallest absolute Gasteiger partial charge is 0.405 e. The number of H-pyrrole nitrogens is 1. The molecule has 1 fully saturated rings. The molecule has 2 amide bonds. The second-order valence-corrected chi connectivity index (χ2v) is 7.12. The second kappa shape index (κ2) is 8.14. The van der Waals surface area contributed by atoms with Crippen LogP contribution in [-0.4, -0.2) is 52.4 Å². The first-order valence-corrected chi connectivity index (χ1v) is 9.14. The van der Waals surface area contributed by atoms with E-state index < -0.39 is 18.0 Å². The zero-order valence-corrected chi connectivity index (χ0v) is 15.9. The highest BCUT2D eigenvalue weighted by molar-refractivity contribution is 5.97. The second-order valence-electron chi connectivity index (χ2n) is 7.12. The van der Waals surface area contributed by atoms with Gasteiger partial charge < -0.3 is 15.0 Å². The lowest BCUT2D eigenvalue weighted by molar-refractivity contribution is -0.274. The number of hydrogen-bond donors (Lipinski definition) is 2. The van der Waals surface area contributed by atoms with Gasteiger partial charge in [0.25, 0.3) is 11.8 Å². The monoisotopic (exact) mass is 410 g/mol. The molecular weight excluding hydrogens is 389 g/mol. The number of hydrogen-bond acceptors (Lipinski definition) is 4. The van der Waals surface area contributed by atoms with E-state index in [0.717, 1.165) is 11.8 Å². The van der Waals surface area contributed by atoms with Crippen molar-refractivity contribution in [2.75, 3.05) is 13.1 Å². The third-order valence-electron chi connectivity index (χ3n) is 4.61. The molecule has 2 aromatic rings. The standard InChI is InChI=1S/C19H21F3N4O3/c1-11(2)14-9-15(25-24-14)18(28)26-8-7-12(10-26)23-17(27)13-5-3-4-6-16(13)29-19(20,21)22/h3-6,9,11-12H,7-8,10H2,1-2H3,(H,23,27)(H,24,25). The van der Waals surface area contributed by atoms with Crippen molar-refractivity contribution >= 4 is 11.8 Å². The lowest BCUT2D eigenvalue weighted by atomic mass is 10.1. The van der Waals surface area contributed by atoms with Gasteiger partial charge in [-0.15, -0.1) is 13.2 Å². The molecule has 1 aromatic carbocycles. The highest BCUT2D eigenvalue weighted by Crippen LogP contribution is 2.26. The number of nitrogens with one attached hydrogen (secondary N) is 2. The third kappa shape index (κ3) is 5.07. The fourth-order valence-electron chi connectivity index (χ4n) is 3.10. The first kappa shape index (κ1) is 20.7. The van der Waals surface area contributed by atoms with Crippen molar-refractivity contribution in [2.45, 2.75) is 38.6 Å². The number of carbonyl (C=O) groups is 2. The zero-order chi connectivity index (χ0) is 21.2. The van der Waals surface area contributed by atoms with Crippen LogP contribution in [0.25, 0.3) is 0 Å². The number of likely N-dealkylation sites (tertiary alicyclic amines) is 1. The Kier molecular flexibility index (Phi) is 5.81. The molecule has 1 aliphatic heterocycles. The van der Waals surface area contributed by atoms with Crippen molar-refractivity contribution < 1.29 is 27.5 Å². The number of alkyl halides is 3. The summed E-state index contributed by atoms with van der Waals surface area (Å²) in [6.45, 7) is 4.61. The fraction of sp³-hybridized carbons (Fsp3) is 0.421. The summed E-state index contributed by atoms with van der Waals surface area (Å²) in [5.41, 5.74) is 0.923. The largest absolute Gasteiger partial charge is 0.573 e. The molecule has 29 heavy (non-hydrogen) atoms. The number of benzene rings is 1. The van der Waals surface area contributed by atoms with Gasteiger partial charge in [-0.1, -0.05) is 26.0 Å². The number of halogens is 3. The summed E-state index contributed by atoms with van der Waals surface area (Å²) in [6, 6.07) is 6.45. The first-order valence-electron chi connectivity index (χ1n) is 9.14. The molecule has 1 unspecified atom stereocenters. The summed E-state index contributed by atoms with van der Waals surface area (Å²) in [4.78, 5) is 26.6. The Labute approximate surface area is 165 Å². The molecule has 1 aliphatic rings. The average molecular weight is 410 g/mol. The predicted molar refractivity (Wildman–Crippen MR) is 97.6 cm³/mol. The van der Waals surface area contributed by atoms with Gasteiger partial charge in [0.05, 0.1) is 5.56 Å². The van der Waals surface area contributed by atoms with Crippen LogP contribution in [0.2, 0.25) is 0 Å². The van der Waals surface area contributed by atoms with Gasteiger partial charge >= 0.3 is 6.36 Å². The normalized spacial score (nSPS) is 16.9. The van der Waals surface area contributed by atoms with Gasteiger partial charge in [-0.05, 0) is 30.5 Å². The molecule has 1 atom stereocenters. The molecule has 3 rings (SSSR count). The van der Waals surface area contributed by atoms with Gasteiger partial charge in [0.1, 0.15) is 11.4 Å². The highest BCUT2D eigenvalue weighted by Gasteiger charge is 2.34. The summed E-state index contributed by atoms with van der Waals surface area (Å²) in [5.74, 6) is -1.31. The molecule has 0 aliphatic carbocycles. The Hall–Kier alpha value is -3.04. The molecule has 2 N–H and O–H groups in total. The summed E-state index contributed by atoms with van der Waals surface area (Å²) in [5, 5.41) is 9.53. The van der Waals surface area contributed by atoms with Crippen LogP contribution in [-0.2, 0) is 0 Å². The van der Waals surface area contributed by atoms with E-state index >= 15 is 0 Å². The molecule has 0 saturated carbocycles. The van der Waals surface area contributed by atoms with Gasteiger partial charge in [-0.3, -0.25) is 14.7 Å². The third-order valence-corrected chi connectivity index (χ3v) is 4.61. The fourth-order valence-corrected chi connectivity index (χ4v) is 3.10. The van der Waals surface area contributed by atoms with Crippen molar-refractivity contribution in [1.29, 1.82) is 0 Å². The van der Waals surface area contributed by atoms with Gasteiger partial charge in [0, 0.05) is 24.8 Å². The molecule has 7 nitrogen and oxygen atoms in total. The molecule has 2 heterocycles. The van der Waals surface area contributed by atoms with Crippen LogP contribution in [0, 0.1) is 0 Å². The van der Waals surface area contributed by atoms with E-state index in [-0.39, 0.29) is 30.0 Å². The van der Waals surface area contributed by atoms with Gasteiger partial charge in [-0.2, -0.15) is 5.10 Å². The number of ether oxygens (including phenoxy) is 1. The predicted octanol–water partition coefficient (Wildman–Crippen LogP) is 3.08. The van der Waals surface area contributed by atoms with E-state index in [4.69, 9.17) is 0 Å². The minimum atomic E-state index is -4.90. The number of carbonyl (C=O) groups excluding carboxylic acids is 2. The van der Waals surface area contributed by atoms with Crippen molar-refractivity contribution in [3.8, 4) is 5.75 Å². The topological polar surface area (TPSA) is 87.3 Å². The SMILES string of the molecule is CC(C)c1cc(C(=O)N2CCC(NC(=O)c3ccccc3OC(F)(F)F)C2)n[nH]1. The van der Waals surface area contributed by atoms with E-state index in [0.29, 0.717) is 18.7 Å². The molecule has 10 heteroatoms. The van der Waals surface area contributed by atoms with Crippen LogP contribution in [0.4, 0.5) is 13.2 Å². The Morgan fingerprint density at radius 2 is 2.03 bits per heavy atom. The lowest BCUT2D eigenvalue weighted by Crippen LogP contribution is -2.38. The van der Waals surface area contributed by atoms with Gasteiger partial charge in [-0.25, -0.2) is 0 Å². The number of rotatable bonds is 5. The summed E-state index contributed by atoms with van der Waals surface area (Å²) < 4.78 is 41.5. The molecular formula is C19H21F3N4O3. The highest BCUT2D eigenvalue weighted by atomic mass is 19.4. The molecule has 0 radical (unpaired) electrons. The maximum Gasteiger partial charge on any atom is 0.573 e. The minimum Gasteiger partial charge on any atom is -0.405 e. The zero-order valence-electron chi connectivity index (χ0n) is 15.9. The minimum absolute atomic E-state index is 0.202. The van der Waals surface area contributed by atoms with E-state index in [1.807, 2.05) is 13.8 Å². The van der Waals surface area contributed by atoms with Crippen LogP contribution < -0.4 is 10.1 Å². The number of amides is 2. The van der Waals surface area contributed by atoms with Crippen LogP contribution >= 0.6 is 0 Å². The Morgan fingerprint density at radius 3 is 2.69 bits per heavy atom. The first-order chi connectivity index (χ1) is 13.6. The summed E-state index contributed by atoms with van der Waals surface area (Å²) in [7, 11) is 0. The van der Waals surface area contributed by atoms with Crippen molar-refractivity contribution in [3.63, 3.8) is 0 Å². The van der Waals surface area contributed by atoms with Gasteiger partial charge in [0.15, 0.2) is 0 Å². The van der Waals surface area contributed by atoms with Crippen LogP contribution in [0.5, 0.6) is 5.75 Å². The molecule has 1 saturated heterocycles. The number of para-hydroxylation sites is 1. The van der Waals surface area contributed by atoms with Crippen LogP contribution in [0.3, 0.4) is 0 Å². The van der Waals surface area contributed by atoms with Crippen LogP contribution in [0.15, 0.2) is 30.3 Å². The Balaban J connectivity index is 1.63. The molecule has 1 aromatic heterocycles. The quantitative estimate of drug-likeness (QED) is 0.793. The van der Waals surface area contributed by atoms with Gasteiger partial charge in [0.2, 0.25) is 0 Å². The maximum atomic E-state index is 12.6. The van der Waals surface area contributed by atoms with E-state index in [2.05, 4.69) is 20.3 Å².